The van der Waals surface area contributed by atoms with E-state index in [2.05, 4.69) is 5.10 Å². The standard InChI is InChI=1S/C20H23ClN2O3/c1-14-5-6-17(23-13-16(21)12-22-23)9-15(14)10-18(24)11-20(19(25)26)7-3-2-4-8-20/h5-6,9,12-13H,2-4,7-8,10-11H2,1H3,(H,25,26). The molecule has 0 unspecified atom stereocenters. The predicted octanol–water partition coefficient (Wildman–Crippen LogP) is 4.37. The number of hydrogen-bond acceptors (Lipinski definition) is 3. The molecule has 5 nitrogen and oxygen atoms in total. The summed E-state index contributed by atoms with van der Waals surface area (Å²) in [6.07, 6.45) is 7.63. The van der Waals surface area contributed by atoms with Crippen LogP contribution in [0, 0.1) is 12.3 Å². The number of carboxylic acids is 1. The van der Waals surface area contributed by atoms with Crippen molar-refractivity contribution in [2.24, 2.45) is 5.41 Å². The van der Waals surface area contributed by atoms with Crippen LogP contribution in [0.3, 0.4) is 0 Å². The molecule has 0 aliphatic heterocycles. The normalized spacial score (nSPS) is 16.4. The van der Waals surface area contributed by atoms with Crippen molar-refractivity contribution < 1.29 is 14.7 Å². The lowest BCUT2D eigenvalue weighted by Gasteiger charge is -2.32. The molecule has 0 saturated heterocycles. The highest BCUT2D eigenvalue weighted by atomic mass is 35.5. The summed E-state index contributed by atoms with van der Waals surface area (Å²) in [5, 5.41) is 14.4. The molecule has 1 aromatic heterocycles. The summed E-state index contributed by atoms with van der Waals surface area (Å²) in [6, 6.07) is 5.79. The van der Waals surface area contributed by atoms with Crippen molar-refractivity contribution in [2.45, 2.75) is 51.9 Å². The Balaban J connectivity index is 1.77. The molecule has 26 heavy (non-hydrogen) atoms. The zero-order chi connectivity index (χ0) is 18.7. The Morgan fingerprint density at radius 1 is 1.27 bits per heavy atom. The Morgan fingerprint density at radius 2 is 2.00 bits per heavy atom. The van der Waals surface area contributed by atoms with Crippen molar-refractivity contribution in [3.05, 3.63) is 46.7 Å². The van der Waals surface area contributed by atoms with E-state index in [-0.39, 0.29) is 18.6 Å². The molecule has 0 radical (unpaired) electrons. The lowest BCUT2D eigenvalue weighted by molar-refractivity contribution is -0.153. The second kappa shape index (κ2) is 7.62. The summed E-state index contributed by atoms with van der Waals surface area (Å²) in [6.45, 7) is 1.95. The first kappa shape index (κ1) is 18.6. The van der Waals surface area contributed by atoms with Gasteiger partial charge >= 0.3 is 5.97 Å². The number of rotatable bonds is 6. The number of aromatic nitrogens is 2. The van der Waals surface area contributed by atoms with Crippen molar-refractivity contribution in [1.82, 2.24) is 9.78 Å². The average molecular weight is 375 g/mol. The Hall–Kier alpha value is -2.14. The van der Waals surface area contributed by atoms with Crippen molar-refractivity contribution in [3.8, 4) is 5.69 Å². The monoisotopic (exact) mass is 374 g/mol. The first-order chi connectivity index (χ1) is 12.4. The van der Waals surface area contributed by atoms with Crippen LogP contribution in [0.15, 0.2) is 30.6 Å². The van der Waals surface area contributed by atoms with Crippen LogP contribution in [0.1, 0.15) is 49.7 Å². The van der Waals surface area contributed by atoms with Crippen LogP contribution in [0.2, 0.25) is 5.02 Å². The predicted molar refractivity (Wildman–Crippen MR) is 99.8 cm³/mol. The van der Waals surface area contributed by atoms with Crippen LogP contribution in [0.4, 0.5) is 0 Å². The molecule has 0 atom stereocenters. The highest BCUT2D eigenvalue weighted by Gasteiger charge is 2.41. The fraction of sp³-hybridized carbons (Fsp3) is 0.450. The summed E-state index contributed by atoms with van der Waals surface area (Å²) in [7, 11) is 0. The number of halogens is 1. The van der Waals surface area contributed by atoms with Crippen LogP contribution >= 0.6 is 11.6 Å². The Morgan fingerprint density at radius 3 is 2.62 bits per heavy atom. The summed E-state index contributed by atoms with van der Waals surface area (Å²) in [5.74, 6) is -0.852. The van der Waals surface area contributed by atoms with Gasteiger partial charge in [0.1, 0.15) is 5.78 Å². The minimum absolute atomic E-state index is 0.0203. The molecular formula is C20H23ClN2O3. The van der Waals surface area contributed by atoms with Gasteiger partial charge in [0.05, 0.1) is 22.3 Å². The van der Waals surface area contributed by atoms with Crippen LogP contribution in [0.5, 0.6) is 0 Å². The molecule has 1 heterocycles. The Bertz CT molecular complexity index is 822. The molecule has 1 fully saturated rings. The number of hydrogen-bond donors (Lipinski definition) is 1. The van der Waals surface area contributed by atoms with Crippen LogP contribution in [0.25, 0.3) is 5.69 Å². The van der Waals surface area contributed by atoms with Gasteiger partial charge < -0.3 is 5.11 Å². The highest BCUT2D eigenvalue weighted by molar-refractivity contribution is 6.30. The van der Waals surface area contributed by atoms with Crippen LogP contribution in [-0.4, -0.2) is 26.6 Å². The van der Waals surface area contributed by atoms with Gasteiger partial charge in [-0.2, -0.15) is 5.10 Å². The molecule has 0 amide bonds. The zero-order valence-electron chi connectivity index (χ0n) is 14.9. The number of Topliss-reactive ketones (excluding diaryl/α,β-unsaturated/α-hetero) is 1. The van der Waals surface area contributed by atoms with Gasteiger partial charge in [-0.15, -0.1) is 0 Å². The van der Waals surface area contributed by atoms with E-state index >= 15 is 0 Å². The van der Waals surface area contributed by atoms with Gasteiger partial charge in [0, 0.05) is 19.0 Å². The maximum atomic E-state index is 12.7. The summed E-state index contributed by atoms with van der Waals surface area (Å²) >= 11 is 5.93. The van der Waals surface area contributed by atoms with Gasteiger partial charge in [-0.3, -0.25) is 9.59 Å². The minimum atomic E-state index is -0.879. The number of carbonyl (C=O) groups excluding carboxylic acids is 1. The number of nitrogens with zero attached hydrogens (tertiary/aromatic N) is 2. The number of benzene rings is 1. The molecular weight excluding hydrogens is 352 g/mol. The molecule has 0 spiro atoms. The summed E-state index contributed by atoms with van der Waals surface area (Å²) in [5.41, 5.74) is 1.86. The van der Waals surface area contributed by atoms with E-state index in [1.54, 1.807) is 17.1 Å². The number of aryl methyl sites for hydroxylation is 1. The van der Waals surface area contributed by atoms with E-state index in [0.29, 0.717) is 17.9 Å². The van der Waals surface area contributed by atoms with Gasteiger partial charge in [-0.25, -0.2) is 4.68 Å². The van der Waals surface area contributed by atoms with Gasteiger partial charge in [-0.1, -0.05) is 36.9 Å². The molecule has 1 saturated carbocycles. The van der Waals surface area contributed by atoms with E-state index in [1.165, 1.54) is 0 Å². The lowest BCUT2D eigenvalue weighted by atomic mass is 9.70. The number of ketones is 1. The SMILES string of the molecule is Cc1ccc(-n2cc(Cl)cn2)cc1CC(=O)CC1(C(=O)O)CCCCC1. The van der Waals surface area contributed by atoms with Crippen molar-refractivity contribution in [2.75, 3.05) is 0 Å². The van der Waals surface area contributed by atoms with Gasteiger partial charge in [0.25, 0.3) is 0 Å². The third-order valence-electron chi connectivity index (χ3n) is 5.34. The van der Waals surface area contributed by atoms with Crippen molar-refractivity contribution in [3.63, 3.8) is 0 Å². The third kappa shape index (κ3) is 3.98. The van der Waals surface area contributed by atoms with Gasteiger partial charge in [0.15, 0.2) is 0 Å². The average Bonchev–Trinajstić information content (AvgIpc) is 3.04. The molecule has 0 bridgehead atoms. The zero-order valence-corrected chi connectivity index (χ0v) is 15.6. The smallest absolute Gasteiger partial charge is 0.310 e. The molecule has 1 aliphatic rings. The number of aliphatic carboxylic acids is 1. The second-order valence-corrected chi connectivity index (χ2v) is 7.69. The van der Waals surface area contributed by atoms with E-state index in [0.717, 1.165) is 36.1 Å². The van der Waals surface area contributed by atoms with E-state index in [1.807, 2.05) is 25.1 Å². The fourth-order valence-corrected chi connectivity index (χ4v) is 3.92. The largest absolute Gasteiger partial charge is 0.481 e. The summed E-state index contributed by atoms with van der Waals surface area (Å²) in [4.78, 5) is 24.5. The topological polar surface area (TPSA) is 72.2 Å². The Kier molecular flexibility index (Phi) is 5.47. The molecule has 6 heteroatoms. The molecule has 1 N–H and O–H groups in total. The minimum Gasteiger partial charge on any atom is -0.481 e. The first-order valence-corrected chi connectivity index (χ1v) is 9.33. The Labute approximate surface area is 158 Å². The first-order valence-electron chi connectivity index (χ1n) is 8.95. The number of carbonyl (C=O) groups is 2. The van der Waals surface area contributed by atoms with E-state index in [9.17, 15) is 14.7 Å². The quantitative estimate of drug-likeness (QED) is 0.814. The third-order valence-corrected chi connectivity index (χ3v) is 5.53. The molecule has 138 valence electrons. The second-order valence-electron chi connectivity index (χ2n) is 7.25. The summed E-state index contributed by atoms with van der Waals surface area (Å²) < 4.78 is 1.66. The van der Waals surface area contributed by atoms with Gasteiger partial charge in [-0.05, 0) is 43.0 Å². The highest BCUT2D eigenvalue weighted by Crippen LogP contribution is 2.40. The van der Waals surface area contributed by atoms with E-state index < -0.39 is 11.4 Å². The van der Waals surface area contributed by atoms with Crippen LogP contribution in [-0.2, 0) is 16.0 Å². The van der Waals surface area contributed by atoms with Crippen LogP contribution < -0.4 is 0 Å². The number of carboxylic acid groups (broad SMARTS) is 1. The lowest BCUT2D eigenvalue weighted by Crippen LogP contribution is -2.36. The maximum Gasteiger partial charge on any atom is 0.310 e. The van der Waals surface area contributed by atoms with Gasteiger partial charge in [0.2, 0.25) is 0 Å². The van der Waals surface area contributed by atoms with Crippen molar-refractivity contribution >= 4 is 23.4 Å². The molecule has 3 rings (SSSR count). The van der Waals surface area contributed by atoms with Crippen molar-refractivity contribution in [1.29, 1.82) is 0 Å². The molecule has 2 aromatic rings. The van der Waals surface area contributed by atoms with E-state index in [4.69, 9.17) is 11.6 Å². The maximum absolute atomic E-state index is 12.7. The molecule has 1 aliphatic carbocycles. The molecule has 1 aromatic carbocycles. The fourth-order valence-electron chi connectivity index (χ4n) is 3.78.